The van der Waals surface area contributed by atoms with Crippen LogP contribution in [0.5, 0.6) is 0 Å². The number of hydrogen-bond acceptors (Lipinski definition) is 3. The molecule has 1 fully saturated rings. The van der Waals surface area contributed by atoms with Gasteiger partial charge in [0, 0.05) is 17.1 Å². The molecule has 0 aliphatic heterocycles. The lowest BCUT2D eigenvalue weighted by Gasteiger charge is -2.29. The number of aryl methyl sites for hydroxylation is 1. The zero-order valence-corrected chi connectivity index (χ0v) is 12.5. The molecule has 5 nitrogen and oxygen atoms in total. The van der Waals surface area contributed by atoms with E-state index in [2.05, 4.69) is 10.6 Å². The summed E-state index contributed by atoms with van der Waals surface area (Å²) in [6, 6.07) is 7.13. The SMILES string of the molecule is Cc1cccc(NC(=O)C(=O)NC2CCCC2(C)CO)c1. The van der Waals surface area contributed by atoms with Gasteiger partial charge < -0.3 is 15.7 Å². The largest absolute Gasteiger partial charge is 0.396 e. The van der Waals surface area contributed by atoms with Crippen LogP contribution in [0.25, 0.3) is 0 Å². The van der Waals surface area contributed by atoms with Gasteiger partial charge in [0.05, 0.1) is 6.61 Å². The molecule has 0 saturated heterocycles. The highest BCUT2D eigenvalue weighted by molar-refractivity contribution is 6.39. The van der Waals surface area contributed by atoms with Crippen LogP contribution in [-0.4, -0.2) is 29.6 Å². The first-order chi connectivity index (χ1) is 9.94. The van der Waals surface area contributed by atoms with Crippen molar-refractivity contribution in [3.63, 3.8) is 0 Å². The highest BCUT2D eigenvalue weighted by Crippen LogP contribution is 2.37. The topological polar surface area (TPSA) is 78.4 Å². The van der Waals surface area contributed by atoms with Crippen molar-refractivity contribution in [3.8, 4) is 0 Å². The molecule has 2 unspecified atom stereocenters. The Labute approximate surface area is 124 Å². The predicted octanol–water partition coefficient (Wildman–Crippen LogP) is 1.60. The van der Waals surface area contributed by atoms with E-state index in [1.165, 1.54) is 0 Å². The van der Waals surface area contributed by atoms with Crippen molar-refractivity contribution in [2.45, 2.75) is 39.2 Å². The second-order valence-electron chi connectivity index (χ2n) is 6.05. The summed E-state index contributed by atoms with van der Waals surface area (Å²) in [5, 5.41) is 14.8. The summed E-state index contributed by atoms with van der Waals surface area (Å²) in [4.78, 5) is 23.9. The number of amides is 2. The van der Waals surface area contributed by atoms with Gasteiger partial charge in [0.2, 0.25) is 0 Å². The monoisotopic (exact) mass is 290 g/mol. The third kappa shape index (κ3) is 3.61. The van der Waals surface area contributed by atoms with Gasteiger partial charge in [-0.3, -0.25) is 9.59 Å². The fourth-order valence-electron chi connectivity index (χ4n) is 2.80. The van der Waals surface area contributed by atoms with Crippen LogP contribution in [0.15, 0.2) is 24.3 Å². The van der Waals surface area contributed by atoms with Gasteiger partial charge in [-0.1, -0.05) is 25.5 Å². The first-order valence-corrected chi connectivity index (χ1v) is 7.24. The minimum atomic E-state index is -0.673. The minimum Gasteiger partial charge on any atom is -0.396 e. The quantitative estimate of drug-likeness (QED) is 0.740. The standard InChI is InChI=1S/C16H22N2O3/c1-11-5-3-6-12(9-11)17-14(20)15(21)18-13-7-4-8-16(13,2)10-19/h3,5-6,9,13,19H,4,7-8,10H2,1-2H3,(H,17,20)(H,18,21). The number of benzene rings is 1. The summed E-state index contributed by atoms with van der Waals surface area (Å²) in [7, 11) is 0. The van der Waals surface area contributed by atoms with Gasteiger partial charge in [-0.2, -0.15) is 0 Å². The number of carbonyl (C=O) groups excluding carboxylic acids is 2. The van der Waals surface area contributed by atoms with Crippen molar-refractivity contribution in [2.24, 2.45) is 5.41 Å². The fourth-order valence-corrected chi connectivity index (χ4v) is 2.80. The first kappa shape index (κ1) is 15.5. The first-order valence-electron chi connectivity index (χ1n) is 7.24. The van der Waals surface area contributed by atoms with E-state index in [0.29, 0.717) is 5.69 Å². The summed E-state index contributed by atoms with van der Waals surface area (Å²) in [6.07, 6.45) is 2.59. The van der Waals surface area contributed by atoms with E-state index in [9.17, 15) is 14.7 Å². The van der Waals surface area contributed by atoms with Crippen molar-refractivity contribution < 1.29 is 14.7 Å². The molecular weight excluding hydrogens is 268 g/mol. The van der Waals surface area contributed by atoms with Crippen LogP contribution in [0.2, 0.25) is 0 Å². The molecule has 0 radical (unpaired) electrons. The Kier molecular flexibility index (Phi) is 4.63. The summed E-state index contributed by atoms with van der Waals surface area (Å²) < 4.78 is 0. The van der Waals surface area contributed by atoms with Gasteiger partial charge in [0.25, 0.3) is 0 Å². The van der Waals surface area contributed by atoms with Crippen LogP contribution < -0.4 is 10.6 Å². The Bertz CT molecular complexity index is 544. The van der Waals surface area contributed by atoms with E-state index in [4.69, 9.17) is 0 Å². The number of hydrogen-bond donors (Lipinski definition) is 3. The average molecular weight is 290 g/mol. The van der Waals surface area contributed by atoms with Crippen LogP contribution >= 0.6 is 0 Å². The number of anilines is 1. The molecule has 0 heterocycles. The zero-order chi connectivity index (χ0) is 15.5. The number of aliphatic hydroxyl groups is 1. The molecule has 0 bridgehead atoms. The lowest BCUT2D eigenvalue weighted by Crippen LogP contribution is -2.48. The molecule has 1 aliphatic rings. The van der Waals surface area contributed by atoms with E-state index in [1.807, 2.05) is 26.0 Å². The van der Waals surface area contributed by atoms with Crippen molar-refractivity contribution in [3.05, 3.63) is 29.8 Å². The summed E-state index contributed by atoms with van der Waals surface area (Å²) in [5.74, 6) is -1.32. The Balaban J connectivity index is 1.95. The highest BCUT2D eigenvalue weighted by atomic mass is 16.3. The van der Waals surface area contributed by atoms with Gasteiger partial charge in [-0.25, -0.2) is 0 Å². The summed E-state index contributed by atoms with van der Waals surface area (Å²) in [6.45, 7) is 3.86. The van der Waals surface area contributed by atoms with Crippen LogP contribution in [-0.2, 0) is 9.59 Å². The van der Waals surface area contributed by atoms with Crippen LogP contribution in [0.1, 0.15) is 31.7 Å². The van der Waals surface area contributed by atoms with Gasteiger partial charge in [0.15, 0.2) is 0 Å². The maximum absolute atomic E-state index is 12.0. The van der Waals surface area contributed by atoms with Gasteiger partial charge in [0.1, 0.15) is 0 Å². The van der Waals surface area contributed by atoms with Gasteiger partial charge in [-0.05, 0) is 37.5 Å². The van der Waals surface area contributed by atoms with Gasteiger partial charge >= 0.3 is 11.8 Å². The molecule has 2 atom stereocenters. The molecule has 1 saturated carbocycles. The molecule has 0 aromatic heterocycles. The third-order valence-corrected chi connectivity index (χ3v) is 4.23. The Morgan fingerprint density at radius 2 is 2.14 bits per heavy atom. The van der Waals surface area contributed by atoms with Crippen LogP contribution in [0.3, 0.4) is 0 Å². The number of nitrogens with one attached hydrogen (secondary N) is 2. The van der Waals surface area contributed by atoms with E-state index >= 15 is 0 Å². The van der Waals surface area contributed by atoms with Crippen molar-refractivity contribution in [2.75, 3.05) is 11.9 Å². The molecule has 1 aromatic carbocycles. The normalized spacial score (nSPS) is 24.6. The zero-order valence-electron chi connectivity index (χ0n) is 12.5. The maximum Gasteiger partial charge on any atom is 0.313 e. The predicted molar refractivity (Wildman–Crippen MR) is 80.8 cm³/mol. The second kappa shape index (κ2) is 6.26. The Hall–Kier alpha value is -1.88. The van der Waals surface area contributed by atoms with Crippen molar-refractivity contribution >= 4 is 17.5 Å². The summed E-state index contributed by atoms with van der Waals surface area (Å²) >= 11 is 0. The highest BCUT2D eigenvalue weighted by Gasteiger charge is 2.39. The van der Waals surface area contributed by atoms with E-state index in [-0.39, 0.29) is 18.1 Å². The Morgan fingerprint density at radius 3 is 2.81 bits per heavy atom. The lowest BCUT2D eigenvalue weighted by molar-refractivity contribution is -0.137. The molecule has 114 valence electrons. The summed E-state index contributed by atoms with van der Waals surface area (Å²) in [5.41, 5.74) is 1.28. The fraction of sp³-hybridized carbons (Fsp3) is 0.500. The van der Waals surface area contributed by atoms with E-state index in [0.717, 1.165) is 24.8 Å². The number of carbonyl (C=O) groups is 2. The van der Waals surface area contributed by atoms with E-state index in [1.54, 1.807) is 12.1 Å². The second-order valence-corrected chi connectivity index (χ2v) is 6.05. The number of rotatable bonds is 3. The molecule has 1 aromatic rings. The van der Waals surface area contributed by atoms with Gasteiger partial charge in [-0.15, -0.1) is 0 Å². The molecule has 2 rings (SSSR count). The minimum absolute atomic E-state index is 0.0114. The molecule has 3 N–H and O–H groups in total. The maximum atomic E-state index is 12.0. The van der Waals surface area contributed by atoms with Crippen molar-refractivity contribution in [1.82, 2.24) is 5.32 Å². The lowest BCUT2D eigenvalue weighted by atomic mass is 9.86. The van der Waals surface area contributed by atoms with E-state index < -0.39 is 11.8 Å². The molecule has 21 heavy (non-hydrogen) atoms. The molecule has 0 spiro atoms. The smallest absolute Gasteiger partial charge is 0.313 e. The average Bonchev–Trinajstić information content (AvgIpc) is 2.81. The number of aliphatic hydroxyl groups excluding tert-OH is 1. The Morgan fingerprint density at radius 1 is 1.38 bits per heavy atom. The van der Waals surface area contributed by atoms with Crippen LogP contribution in [0.4, 0.5) is 5.69 Å². The third-order valence-electron chi connectivity index (χ3n) is 4.23. The molecular formula is C16H22N2O3. The van der Waals surface area contributed by atoms with Crippen LogP contribution in [0, 0.1) is 12.3 Å². The van der Waals surface area contributed by atoms with Crippen molar-refractivity contribution in [1.29, 1.82) is 0 Å². The molecule has 5 heteroatoms. The molecule has 1 aliphatic carbocycles. The molecule has 2 amide bonds.